The summed E-state index contributed by atoms with van der Waals surface area (Å²) in [4.78, 5) is 12.8. The fraction of sp³-hybridized carbons (Fsp3) is 0.143. The normalized spacial score (nSPS) is 10.4. The van der Waals surface area contributed by atoms with Crippen LogP contribution in [0.3, 0.4) is 0 Å². The molecule has 0 aliphatic carbocycles. The molecule has 0 unspecified atom stereocenters. The molecular formula is C14H11N5O. The molecule has 0 fully saturated rings. The van der Waals surface area contributed by atoms with Crippen molar-refractivity contribution in [2.24, 2.45) is 0 Å². The first-order valence-corrected chi connectivity index (χ1v) is 5.99. The molecule has 0 bridgehead atoms. The molecule has 3 rings (SSSR count). The van der Waals surface area contributed by atoms with Gasteiger partial charge < -0.3 is 4.74 Å². The molecule has 20 heavy (non-hydrogen) atoms. The zero-order valence-corrected chi connectivity index (χ0v) is 11.0. The maximum Gasteiger partial charge on any atom is 0.245 e. The minimum absolute atomic E-state index is 0.450. The van der Waals surface area contributed by atoms with Crippen molar-refractivity contribution in [2.75, 3.05) is 7.11 Å². The third kappa shape index (κ3) is 1.77. The predicted molar refractivity (Wildman–Crippen MR) is 72.7 cm³/mol. The Kier molecular flexibility index (Phi) is 2.80. The van der Waals surface area contributed by atoms with E-state index in [1.165, 1.54) is 6.33 Å². The Morgan fingerprint density at radius 3 is 2.60 bits per heavy atom. The Balaban J connectivity index is 2.25. The molecule has 0 aliphatic rings. The van der Waals surface area contributed by atoms with Gasteiger partial charge >= 0.3 is 0 Å². The van der Waals surface area contributed by atoms with Crippen molar-refractivity contribution < 1.29 is 4.74 Å². The lowest BCUT2D eigenvalue weighted by atomic mass is 10.2. The van der Waals surface area contributed by atoms with Crippen molar-refractivity contribution in [1.82, 2.24) is 19.5 Å². The third-order valence-corrected chi connectivity index (χ3v) is 3.03. The van der Waals surface area contributed by atoms with E-state index in [2.05, 4.69) is 21.0 Å². The van der Waals surface area contributed by atoms with Gasteiger partial charge in [0.1, 0.15) is 12.2 Å². The number of ether oxygens (including phenoxy) is 1. The Morgan fingerprint density at radius 2 is 1.95 bits per heavy atom. The second kappa shape index (κ2) is 4.63. The standard InChI is InChI=1S/C14H11N5O/c1-9-18-12-13(16-8-17-14(12)20-2)19(9)11-5-3-10(7-15)4-6-11/h3-6,8H,1-2H3. The van der Waals surface area contributed by atoms with Gasteiger partial charge in [0.05, 0.1) is 18.7 Å². The van der Waals surface area contributed by atoms with Crippen LogP contribution in [-0.4, -0.2) is 26.6 Å². The molecule has 0 spiro atoms. The Morgan fingerprint density at radius 1 is 1.20 bits per heavy atom. The number of hydrogen-bond donors (Lipinski definition) is 0. The molecule has 0 saturated heterocycles. The largest absolute Gasteiger partial charge is 0.479 e. The van der Waals surface area contributed by atoms with E-state index in [1.54, 1.807) is 19.2 Å². The van der Waals surface area contributed by atoms with Gasteiger partial charge in [-0.25, -0.2) is 9.97 Å². The summed E-state index contributed by atoms with van der Waals surface area (Å²) < 4.78 is 7.10. The summed E-state index contributed by atoms with van der Waals surface area (Å²) in [6.45, 7) is 1.89. The molecule has 2 heterocycles. The number of imidazole rings is 1. The van der Waals surface area contributed by atoms with E-state index in [1.807, 2.05) is 23.6 Å². The van der Waals surface area contributed by atoms with E-state index in [9.17, 15) is 0 Å². The van der Waals surface area contributed by atoms with Crippen LogP contribution < -0.4 is 4.74 Å². The van der Waals surface area contributed by atoms with E-state index in [-0.39, 0.29) is 0 Å². The zero-order valence-electron chi connectivity index (χ0n) is 11.0. The van der Waals surface area contributed by atoms with Gasteiger partial charge in [0.25, 0.3) is 0 Å². The molecule has 0 saturated carbocycles. The molecular weight excluding hydrogens is 254 g/mol. The van der Waals surface area contributed by atoms with Crippen LogP contribution in [0, 0.1) is 18.3 Å². The van der Waals surface area contributed by atoms with Crippen molar-refractivity contribution in [1.29, 1.82) is 5.26 Å². The molecule has 2 aromatic heterocycles. The lowest BCUT2D eigenvalue weighted by molar-refractivity contribution is 0.401. The molecule has 0 aliphatic heterocycles. The van der Waals surface area contributed by atoms with Crippen LogP contribution in [0.2, 0.25) is 0 Å². The van der Waals surface area contributed by atoms with Crippen LogP contribution in [0.1, 0.15) is 11.4 Å². The first-order valence-electron chi connectivity index (χ1n) is 5.99. The number of fused-ring (bicyclic) bond motifs is 1. The van der Waals surface area contributed by atoms with Gasteiger partial charge in [0.2, 0.25) is 5.88 Å². The summed E-state index contributed by atoms with van der Waals surface area (Å²) >= 11 is 0. The summed E-state index contributed by atoms with van der Waals surface area (Å²) in [5.74, 6) is 1.23. The molecule has 3 aromatic rings. The van der Waals surface area contributed by atoms with E-state index < -0.39 is 0 Å². The minimum Gasteiger partial charge on any atom is -0.479 e. The van der Waals surface area contributed by atoms with Crippen LogP contribution in [0.5, 0.6) is 5.88 Å². The average Bonchev–Trinajstić information content (AvgIpc) is 2.83. The van der Waals surface area contributed by atoms with E-state index in [4.69, 9.17) is 10.00 Å². The van der Waals surface area contributed by atoms with E-state index in [0.29, 0.717) is 22.6 Å². The zero-order chi connectivity index (χ0) is 14.1. The van der Waals surface area contributed by atoms with Crippen LogP contribution in [-0.2, 0) is 0 Å². The molecule has 0 radical (unpaired) electrons. The highest BCUT2D eigenvalue weighted by molar-refractivity contribution is 5.78. The molecule has 0 N–H and O–H groups in total. The van der Waals surface area contributed by atoms with Crippen molar-refractivity contribution in [3.8, 4) is 17.6 Å². The highest BCUT2D eigenvalue weighted by Gasteiger charge is 2.14. The van der Waals surface area contributed by atoms with Crippen LogP contribution >= 0.6 is 0 Å². The second-order valence-corrected chi connectivity index (χ2v) is 4.21. The van der Waals surface area contributed by atoms with Gasteiger partial charge in [-0.3, -0.25) is 4.57 Å². The fourth-order valence-electron chi connectivity index (χ4n) is 2.12. The summed E-state index contributed by atoms with van der Waals surface area (Å²) in [5.41, 5.74) is 2.81. The van der Waals surface area contributed by atoms with Gasteiger partial charge in [-0.1, -0.05) is 0 Å². The number of rotatable bonds is 2. The molecule has 1 aromatic carbocycles. The lowest BCUT2D eigenvalue weighted by Crippen LogP contribution is -1.98. The van der Waals surface area contributed by atoms with Crippen LogP contribution in [0.25, 0.3) is 16.9 Å². The van der Waals surface area contributed by atoms with Gasteiger partial charge in [0.15, 0.2) is 11.2 Å². The fourth-order valence-corrected chi connectivity index (χ4v) is 2.12. The summed E-state index contributed by atoms with van der Waals surface area (Å²) in [7, 11) is 1.55. The lowest BCUT2D eigenvalue weighted by Gasteiger charge is -2.06. The highest BCUT2D eigenvalue weighted by atomic mass is 16.5. The van der Waals surface area contributed by atoms with Crippen molar-refractivity contribution >= 4 is 11.2 Å². The minimum atomic E-state index is 0.450. The molecule has 6 nitrogen and oxygen atoms in total. The van der Waals surface area contributed by atoms with Gasteiger partial charge in [-0.15, -0.1) is 0 Å². The van der Waals surface area contributed by atoms with Gasteiger partial charge in [-0.2, -0.15) is 10.2 Å². The van der Waals surface area contributed by atoms with Gasteiger partial charge in [0, 0.05) is 5.69 Å². The SMILES string of the molecule is COc1ncnc2c1nc(C)n2-c1ccc(C#N)cc1. The topological polar surface area (TPSA) is 76.6 Å². The molecule has 0 amide bonds. The predicted octanol–water partition coefficient (Wildman–Crippen LogP) is 2.00. The second-order valence-electron chi connectivity index (χ2n) is 4.21. The number of nitriles is 1. The monoisotopic (exact) mass is 265 g/mol. The highest BCUT2D eigenvalue weighted by Crippen LogP contribution is 2.24. The maximum absolute atomic E-state index is 8.85. The molecule has 0 atom stereocenters. The Labute approximate surface area is 115 Å². The number of methoxy groups -OCH3 is 1. The first kappa shape index (κ1) is 12.1. The van der Waals surface area contributed by atoms with E-state index >= 15 is 0 Å². The third-order valence-electron chi connectivity index (χ3n) is 3.03. The number of hydrogen-bond acceptors (Lipinski definition) is 5. The van der Waals surface area contributed by atoms with Gasteiger partial charge in [-0.05, 0) is 31.2 Å². The summed E-state index contributed by atoms with van der Waals surface area (Å²) in [5, 5.41) is 8.85. The molecule has 98 valence electrons. The number of aromatic nitrogens is 4. The number of benzene rings is 1. The summed E-state index contributed by atoms with van der Waals surface area (Å²) in [6, 6.07) is 9.35. The summed E-state index contributed by atoms with van der Waals surface area (Å²) in [6.07, 6.45) is 1.45. The quantitative estimate of drug-likeness (QED) is 0.708. The van der Waals surface area contributed by atoms with Crippen molar-refractivity contribution in [3.05, 3.63) is 42.0 Å². The van der Waals surface area contributed by atoms with Crippen LogP contribution in [0.4, 0.5) is 0 Å². The number of nitrogens with zero attached hydrogens (tertiary/aromatic N) is 5. The average molecular weight is 265 g/mol. The molecule has 6 heteroatoms. The smallest absolute Gasteiger partial charge is 0.245 e. The number of aryl methyl sites for hydroxylation is 1. The van der Waals surface area contributed by atoms with Crippen molar-refractivity contribution in [3.63, 3.8) is 0 Å². The Hall–Kier alpha value is -2.94. The Bertz CT molecular complexity index is 814. The van der Waals surface area contributed by atoms with E-state index in [0.717, 1.165) is 11.5 Å². The maximum atomic E-state index is 8.85. The first-order chi connectivity index (χ1) is 9.74. The van der Waals surface area contributed by atoms with Crippen molar-refractivity contribution in [2.45, 2.75) is 6.92 Å². The van der Waals surface area contributed by atoms with Crippen LogP contribution in [0.15, 0.2) is 30.6 Å².